The van der Waals surface area contributed by atoms with E-state index in [0.717, 1.165) is 12.1 Å². The fourth-order valence-corrected chi connectivity index (χ4v) is 2.03. The number of hydrogen-bond donors (Lipinski definition) is 1. The molecule has 1 N–H and O–H groups in total. The van der Waals surface area contributed by atoms with Crippen LogP contribution in [0.3, 0.4) is 0 Å². The summed E-state index contributed by atoms with van der Waals surface area (Å²) in [4.78, 5) is 11.0. The Morgan fingerprint density at radius 3 is 2.46 bits per heavy atom. The lowest BCUT2D eigenvalue weighted by Crippen LogP contribution is -2.06. The fraction of sp³-hybridized carbons (Fsp3) is 0.235. The molecule has 0 fully saturated rings. The van der Waals surface area contributed by atoms with Crippen LogP contribution < -0.4 is 9.47 Å². The molecule has 0 heterocycles. The Morgan fingerprint density at radius 2 is 1.83 bits per heavy atom. The van der Waals surface area contributed by atoms with Gasteiger partial charge in [-0.2, -0.15) is 13.2 Å². The van der Waals surface area contributed by atoms with E-state index < -0.39 is 17.7 Å². The van der Waals surface area contributed by atoms with Gasteiger partial charge in [-0.3, -0.25) is 0 Å². The number of alkyl halides is 3. The molecule has 0 bridgehead atoms. The third-order valence-electron chi connectivity index (χ3n) is 3.14. The van der Waals surface area contributed by atoms with Gasteiger partial charge in [0, 0.05) is 0 Å². The first-order valence-electron chi connectivity index (χ1n) is 7.10. The Bertz CT molecular complexity index is 726. The summed E-state index contributed by atoms with van der Waals surface area (Å²) in [7, 11) is 0. The summed E-state index contributed by atoms with van der Waals surface area (Å²) in [5.41, 5.74) is -0.380. The number of carboxylic acids is 1. The van der Waals surface area contributed by atoms with Gasteiger partial charge in [-0.25, -0.2) is 4.79 Å². The molecule has 0 atom stereocenters. The van der Waals surface area contributed by atoms with E-state index >= 15 is 0 Å². The Kier molecular flexibility index (Phi) is 5.33. The summed E-state index contributed by atoms with van der Waals surface area (Å²) in [6, 6.07) is 8.88. The van der Waals surface area contributed by atoms with Crippen LogP contribution in [0.25, 0.3) is 0 Å². The SMILES string of the molecule is CCOc1cc(C(=O)O)ccc1OCc1cccc(C(F)(F)F)c1. The highest BCUT2D eigenvalue weighted by Crippen LogP contribution is 2.31. The van der Waals surface area contributed by atoms with Crippen LogP contribution in [0.2, 0.25) is 0 Å². The Morgan fingerprint density at radius 1 is 1.08 bits per heavy atom. The molecule has 0 saturated heterocycles. The van der Waals surface area contributed by atoms with Gasteiger partial charge in [0.2, 0.25) is 0 Å². The second-order valence-electron chi connectivity index (χ2n) is 4.89. The van der Waals surface area contributed by atoms with Gasteiger partial charge in [0.1, 0.15) is 6.61 Å². The second kappa shape index (κ2) is 7.25. The Labute approximate surface area is 136 Å². The normalized spacial score (nSPS) is 11.2. The average molecular weight is 340 g/mol. The van der Waals surface area contributed by atoms with Crippen LogP contribution in [0, 0.1) is 0 Å². The number of rotatable bonds is 6. The largest absolute Gasteiger partial charge is 0.490 e. The maximum absolute atomic E-state index is 12.7. The summed E-state index contributed by atoms with van der Waals surface area (Å²) in [5.74, 6) is -0.621. The van der Waals surface area contributed by atoms with Crippen molar-refractivity contribution in [2.24, 2.45) is 0 Å². The highest BCUT2D eigenvalue weighted by molar-refractivity contribution is 5.88. The first-order valence-corrected chi connectivity index (χ1v) is 7.10. The zero-order chi connectivity index (χ0) is 17.7. The molecule has 0 unspecified atom stereocenters. The number of carboxylic acid groups (broad SMARTS) is 1. The molecule has 0 aromatic heterocycles. The molecule has 4 nitrogen and oxygen atoms in total. The van der Waals surface area contributed by atoms with Crippen molar-refractivity contribution < 1.29 is 32.5 Å². The van der Waals surface area contributed by atoms with E-state index in [9.17, 15) is 18.0 Å². The first kappa shape index (κ1) is 17.7. The summed E-state index contributed by atoms with van der Waals surface area (Å²) in [6.07, 6.45) is -4.42. The lowest BCUT2D eigenvalue weighted by Gasteiger charge is -2.13. The standard InChI is InChI=1S/C17H15F3O4/c1-2-23-15-9-12(16(21)22)6-7-14(15)24-10-11-4-3-5-13(8-11)17(18,19)20/h3-9H,2,10H2,1H3,(H,21,22). The van der Waals surface area contributed by atoms with Crippen molar-refractivity contribution >= 4 is 5.97 Å². The lowest BCUT2D eigenvalue weighted by molar-refractivity contribution is -0.137. The van der Waals surface area contributed by atoms with E-state index in [-0.39, 0.29) is 23.7 Å². The number of aromatic carboxylic acids is 1. The molecule has 2 aromatic rings. The maximum Gasteiger partial charge on any atom is 0.416 e. The quantitative estimate of drug-likeness (QED) is 0.848. The molecule has 0 aliphatic heterocycles. The fourth-order valence-electron chi connectivity index (χ4n) is 2.03. The minimum Gasteiger partial charge on any atom is -0.490 e. The average Bonchev–Trinajstić information content (AvgIpc) is 2.53. The maximum atomic E-state index is 12.7. The number of carbonyl (C=O) groups is 1. The molecule has 0 saturated carbocycles. The van der Waals surface area contributed by atoms with E-state index in [2.05, 4.69) is 0 Å². The summed E-state index contributed by atoms with van der Waals surface area (Å²) >= 11 is 0. The smallest absolute Gasteiger partial charge is 0.416 e. The van der Waals surface area contributed by atoms with Gasteiger partial charge in [0.15, 0.2) is 11.5 Å². The number of benzene rings is 2. The molecule has 2 aromatic carbocycles. The van der Waals surface area contributed by atoms with Crippen molar-refractivity contribution in [1.29, 1.82) is 0 Å². The highest BCUT2D eigenvalue weighted by atomic mass is 19.4. The topological polar surface area (TPSA) is 55.8 Å². The van der Waals surface area contributed by atoms with Crippen LogP contribution in [0.15, 0.2) is 42.5 Å². The molecule has 24 heavy (non-hydrogen) atoms. The van der Waals surface area contributed by atoms with Crippen LogP contribution in [0.1, 0.15) is 28.4 Å². The monoisotopic (exact) mass is 340 g/mol. The van der Waals surface area contributed by atoms with Crippen LogP contribution >= 0.6 is 0 Å². The zero-order valence-corrected chi connectivity index (χ0v) is 12.8. The first-order chi connectivity index (χ1) is 11.3. The van der Waals surface area contributed by atoms with E-state index in [1.807, 2.05) is 0 Å². The van der Waals surface area contributed by atoms with Gasteiger partial charge in [-0.1, -0.05) is 12.1 Å². The number of halogens is 3. The van der Waals surface area contributed by atoms with Gasteiger partial charge in [-0.15, -0.1) is 0 Å². The third-order valence-corrected chi connectivity index (χ3v) is 3.14. The molecular weight excluding hydrogens is 325 g/mol. The van der Waals surface area contributed by atoms with Crippen molar-refractivity contribution in [3.63, 3.8) is 0 Å². The molecule has 128 valence electrons. The zero-order valence-electron chi connectivity index (χ0n) is 12.8. The van der Waals surface area contributed by atoms with E-state index in [4.69, 9.17) is 14.6 Å². The van der Waals surface area contributed by atoms with Crippen molar-refractivity contribution in [3.05, 3.63) is 59.2 Å². The molecular formula is C17H15F3O4. The predicted molar refractivity (Wildman–Crippen MR) is 80.3 cm³/mol. The summed E-state index contributed by atoms with van der Waals surface area (Å²) < 4.78 is 48.9. The highest BCUT2D eigenvalue weighted by Gasteiger charge is 2.30. The minimum atomic E-state index is -4.42. The van der Waals surface area contributed by atoms with Gasteiger partial charge in [-0.05, 0) is 42.8 Å². The molecule has 0 radical (unpaired) electrons. The van der Waals surface area contributed by atoms with E-state index in [0.29, 0.717) is 12.2 Å². The van der Waals surface area contributed by atoms with Crippen molar-refractivity contribution in [1.82, 2.24) is 0 Å². The van der Waals surface area contributed by atoms with Gasteiger partial charge in [0.25, 0.3) is 0 Å². The molecule has 0 amide bonds. The van der Waals surface area contributed by atoms with E-state index in [1.165, 1.54) is 30.3 Å². The molecule has 0 spiro atoms. The van der Waals surface area contributed by atoms with Crippen molar-refractivity contribution in [2.75, 3.05) is 6.61 Å². The summed E-state index contributed by atoms with van der Waals surface area (Å²) in [6.45, 7) is 1.92. The molecule has 0 aliphatic rings. The number of ether oxygens (including phenoxy) is 2. The molecule has 7 heteroatoms. The van der Waals surface area contributed by atoms with Crippen LogP contribution in [-0.4, -0.2) is 17.7 Å². The predicted octanol–water partition coefficient (Wildman–Crippen LogP) is 4.38. The molecule has 0 aliphatic carbocycles. The van der Waals surface area contributed by atoms with Crippen molar-refractivity contribution in [2.45, 2.75) is 19.7 Å². The van der Waals surface area contributed by atoms with Gasteiger partial charge >= 0.3 is 12.1 Å². The minimum absolute atomic E-state index is 0.0323. The lowest BCUT2D eigenvalue weighted by atomic mass is 10.1. The van der Waals surface area contributed by atoms with Crippen molar-refractivity contribution in [3.8, 4) is 11.5 Å². The van der Waals surface area contributed by atoms with Crippen LogP contribution in [0.4, 0.5) is 13.2 Å². The third kappa shape index (κ3) is 4.41. The van der Waals surface area contributed by atoms with Crippen LogP contribution in [0.5, 0.6) is 11.5 Å². The van der Waals surface area contributed by atoms with Crippen LogP contribution in [-0.2, 0) is 12.8 Å². The van der Waals surface area contributed by atoms with Gasteiger partial charge in [0.05, 0.1) is 17.7 Å². The summed E-state index contributed by atoms with van der Waals surface area (Å²) in [5, 5.41) is 8.98. The Balaban J connectivity index is 2.18. The van der Waals surface area contributed by atoms with E-state index in [1.54, 1.807) is 6.92 Å². The second-order valence-corrected chi connectivity index (χ2v) is 4.89. The number of hydrogen-bond acceptors (Lipinski definition) is 3. The Hall–Kier alpha value is -2.70. The van der Waals surface area contributed by atoms with Gasteiger partial charge < -0.3 is 14.6 Å². The molecule has 2 rings (SSSR count).